The molecule has 0 saturated heterocycles. The molecule has 2 saturated carbocycles. The molecule has 0 radical (unpaired) electrons. The fourth-order valence-electron chi connectivity index (χ4n) is 3.84. The molecule has 0 amide bonds. The van der Waals surface area contributed by atoms with Gasteiger partial charge in [0.15, 0.2) is 0 Å². The van der Waals surface area contributed by atoms with E-state index in [1.165, 1.54) is 6.42 Å². The average molecular weight is 306 g/mol. The van der Waals surface area contributed by atoms with Crippen LogP contribution in [-0.2, 0) is 4.84 Å². The van der Waals surface area contributed by atoms with Gasteiger partial charge >= 0.3 is 5.97 Å². The van der Waals surface area contributed by atoms with Crippen molar-refractivity contribution >= 4 is 23.3 Å². The van der Waals surface area contributed by atoms with Gasteiger partial charge in [0.2, 0.25) is 0 Å². The van der Waals surface area contributed by atoms with Gasteiger partial charge in [-0.05, 0) is 42.7 Å². The fraction of sp³-hybridized carbons (Fsp3) is 0.529. The van der Waals surface area contributed by atoms with E-state index in [-0.39, 0.29) is 10.8 Å². The minimum Gasteiger partial charge on any atom is -0.313 e. The number of fused-ring (bicyclic) bond motifs is 2. The normalized spacial score (nSPS) is 31.6. The van der Waals surface area contributed by atoms with Crippen molar-refractivity contribution < 1.29 is 9.63 Å². The number of hydrogen-bond donors (Lipinski definition) is 0. The number of halogens is 1. The van der Waals surface area contributed by atoms with Crippen LogP contribution in [0.25, 0.3) is 0 Å². The van der Waals surface area contributed by atoms with Crippen LogP contribution in [0.15, 0.2) is 29.4 Å². The molecule has 0 spiro atoms. The molecule has 3 nitrogen and oxygen atoms in total. The molecule has 1 aromatic carbocycles. The van der Waals surface area contributed by atoms with Gasteiger partial charge in [-0.2, -0.15) is 0 Å². The highest BCUT2D eigenvalue weighted by Gasteiger charge is 2.60. The number of nitrogens with zero attached hydrogens (tertiary/aromatic N) is 1. The first-order chi connectivity index (χ1) is 9.86. The van der Waals surface area contributed by atoms with Gasteiger partial charge in [-0.25, -0.2) is 4.79 Å². The van der Waals surface area contributed by atoms with E-state index in [0.717, 1.165) is 18.6 Å². The van der Waals surface area contributed by atoms with Gasteiger partial charge in [0.1, 0.15) is 0 Å². The summed E-state index contributed by atoms with van der Waals surface area (Å²) in [6.07, 6.45) is 3.29. The number of rotatable bonds is 2. The summed E-state index contributed by atoms with van der Waals surface area (Å²) in [6, 6.07) is 6.87. The lowest BCUT2D eigenvalue weighted by atomic mass is 9.70. The molecule has 2 aliphatic rings. The van der Waals surface area contributed by atoms with Crippen LogP contribution in [0, 0.1) is 16.7 Å². The van der Waals surface area contributed by atoms with Crippen molar-refractivity contribution in [2.45, 2.75) is 40.0 Å². The molecule has 1 aromatic rings. The second-order valence-electron chi connectivity index (χ2n) is 6.89. The van der Waals surface area contributed by atoms with E-state index in [9.17, 15) is 4.79 Å². The fourth-order valence-corrected chi connectivity index (χ4v) is 4.05. The van der Waals surface area contributed by atoms with E-state index in [0.29, 0.717) is 16.5 Å². The second-order valence-corrected chi connectivity index (χ2v) is 7.30. The Kier molecular flexibility index (Phi) is 3.36. The van der Waals surface area contributed by atoms with Crippen LogP contribution in [0.5, 0.6) is 0 Å². The third-order valence-corrected chi connectivity index (χ3v) is 6.17. The predicted octanol–water partition coefficient (Wildman–Crippen LogP) is 4.70. The summed E-state index contributed by atoms with van der Waals surface area (Å²) in [6.45, 7) is 6.83. The summed E-state index contributed by atoms with van der Waals surface area (Å²) in [4.78, 5) is 17.2. The monoisotopic (exact) mass is 305 g/mol. The van der Waals surface area contributed by atoms with Crippen molar-refractivity contribution in [2.75, 3.05) is 0 Å². The second kappa shape index (κ2) is 4.84. The molecule has 2 atom stereocenters. The molecule has 0 heterocycles. The molecule has 4 heteroatoms. The lowest BCUT2D eigenvalue weighted by Gasteiger charge is -2.34. The van der Waals surface area contributed by atoms with Crippen LogP contribution >= 0.6 is 11.6 Å². The molecule has 2 bridgehead atoms. The van der Waals surface area contributed by atoms with E-state index in [2.05, 4.69) is 25.9 Å². The summed E-state index contributed by atoms with van der Waals surface area (Å²) < 4.78 is 0. The van der Waals surface area contributed by atoms with Gasteiger partial charge in [-0.1, -0.05) is 49.7 Å². The van der Waals surface area contributed by atoms with E-state index >= 15 is 0 Å². The minimum atomic E-state index is -0.489. The van der Waals surface area contributed by atoms with Gasteiger partial charge in [0, 0.05) is 5.41 Å². The number of carbonyl (C=O) groups is 1. The summed E-state index contributed by atoms with van der Waals surface area (Å²) >= 11 is 6.00. The Morgan fingerprint density at radius 2 is 2.05 bits per heavy atom. The van der Waals surface area contributed by atoms with Crippen molar-refractivity contribution in [3.8, 4) is 0 Å². The average Bonchev–Trinajstić information content (AvgIpc) is 2.78. The number of benzene rings is 1. The van der Waals surface area contributed by atoms with Crippen molar-refractivity contribution in [2.24, 2.45) is 21.9 Å². The lowest BCUT2D eigenvalue weighted by Crippen LogP contribution is -2.32. The molecule has 0 aliphatic heterocycles. The molecule has 2 aliphatic carbocycles. The first kappa shape index (κ1) is 14.6. The Labute approximate surface area is 130 Å². The smallest absolute Gasteiger partial charge is 0.313 e. The third-order valence-electron chi connectivity index (χ3n) is 5.84. The SMILES string of the molecule is CC12CCC(CC1=NOC(=O)c1ccccc1Cl)C2(C)C. The summed E-state index contributed by atoms with van der Waals surface area (Å²) in [5, 5.41) is 4.59. The van der Waals surface area contributed by atoms with Crippen LogP contribution in [0.4, 0.5) is 0 Å². The van der Waals surface area contributed by atoms with Gasteiger partial charge < -0.3 is 4.84 Å². The van der Waals surface area contributed by atoms with Crippen molar-refractivity contribution in [1.82, 2.24) is 0 Å². The highest BCUT2D eigenvalue weighted by molar-refractivity contribution is 6.33. The zero-order valence-corrected chi connectivity index (χ0v) is 13.4. The Morgan fingerprint density at radius 1 is 1.33 bits per heavy atom. The molecule has 21 heavy (non-hydrogen) atoms. The zero-order valence-electron chi connectivity index (χ0n) is 12.6. The molecular formula is C17H20ClNO2. The maximum Gasteiger partial charge on any atom is 0.367 e. The van der Waals surface area contributed by atoms with E-state index < -0.39 is 5.97 Å². The van der Waals surface area contributed by atoms with E-state index in [4.69, 9.17) is 16.4 Å². The molecule has 112 valence electrons. The maximum absolute atomic E-state index is 12.1. The highest BCUT2D eigenvalue weighted by atomic mass is 35.5. The first-order valence-corrected chi connectivity index (χ1v) is 7.77. The number of carbonyl (C=O) groups excluding carboxylic acids is 1. The topological polar surface area (TPSA) is 38.7 Å². The summed E-state index contributed by atoms with van der Waals surface area (Å²) in [5.41, 5.74) is 1.64. The van der Waals surface area contributed by atoms with Crippen LogP contribution in [0.2, 0.25) is 5.02 Å². The van der Waals surface area contributed by atoms with E-state index in [1.807, 2.05) is 0 Å². The van der Waals surface area contributed by atoms with E-state index in [1.54, 1.807) is 24.3 Å². The number of oxime groups is 1. The quantitative estimate of drug-likeness (QED) is 0.587. The van der Waals surface area contributed by atoms with Crippen LogP contribution in [0.1, 0.15) is 50.4 Å². The van der Waals surface area contributed by atoms with Crippen LogP contribution in [0.3, 0.4) is 0 Å². The molecule has 3 rings (SSSR count). The summed E-state index contributed by atoms with van der Waals surface area (Å²) in [7, 11) is 0. The molecule has 2 unspecified atom stereocenters. The predicted molar refractivity (Wildman–Crippen MR) is 83.5 cm³/mol. The Morgan fingerprint density at radius 3 is 2.62 bits per heavy atom. The first-order valence-electron chi connectivity index (χ1n) is 7.39. The maximum atomic E-state index is 12.1. The number of hydrogen-bond acceptors (Lipinski definition) is 3. The molecule has 2 fully saturated rings. The highest BCUT2D eigenvalue weighted by Crippen LogP contribution is 2.63. The molecular weight excluding hydrogens is 286 g/mol. The largest absolute Gasteiger partial charge is 0.367 e. The zero-order chi connectivity index (χ0) is 15.3. The molecule has 0 N–H and O–H groups in total. The van der Waals surface area contributed by atoms with Gasteiger partial charge in [-0.3, -0.25) is 0 Å². The minimum absolute atomic E-state index is 0.0401. The van der Waals surface area contributed by atoms with Gasteiger partial charge in [0.05, 0.1) is 16.3 Å². The van der Waals surface area contributed by atoms with Crippen molar-refractivity contribution in [3.05, 3.63) is 34.9 Å². The van der Waals surface area contributed by atoms with Crippen molar-refractivity contribution in [3.63, 3.8) is 0 Å². The van der Waals surface area contributed by atoms with Gasteiger partial charge in [0.25, 0.3) is 0 Å². The van der Waals surface area contributed by atoms with Crippen LogP contribution < -0.4 is 0 Å². The van der Waals surface area contributed by atoms with Gasteiger partial charge in [-0.15, -0.1) is 0 Å². The Bertz CT molecular complexity index is 623. The lowest BCUT2D eigenvalue weighted by molar-refractivity contribution is 0.0508. The third kappa shape index (κ3) is 2.10. The Hall–Kier alpha value is -1.35. The Balaban J connectivity index is 1.79. The standard InChI is InChI=1S/C17H20ClNO2/c1-16(2)11-8-9-17(16,3)14(10-11)19-21-15(20)12-6-4-5-7-13(12)18/h4-7,11H,8-10H2,1-3H3. The summed E-state index contributed by atoms with van der Waals surface area (Å²) in [5.74, 6) is 0.151. The van der Waals surface area contributed by atoms with Crippen molar-refractivity contribution in [1.29, 1.82) is 0 Å². The molecule has 0 aromatic heterocycles. The van der Waals surface area contributed by atoms with Crippen LogP contribution in [-0.4, -0.2) is 11.7 Å².